The summed E-state index contributed by atoms with van der Waals surface area (Å²) in [6.07, 6.45) is 3.69. The van der Waals surface area contributed by atoms with Crippen molar-refractivity contribution in [3.63, 3.8) is 0 Å². The average molecular weight is 390 g/mol. The highest BCUT2D eigenvalue weighted by atomic mass is 16.5. The molecule has 6 heteroatoms. The Morgan fingerprint density at radius 2 is 1.86 bits per heavy atom. The molecule has 0 atom stereocenters. The van der Waals surface area contributed by atoms with E-state index in [4.69, 9.17) is 10.00 Å². The largest absolute Gasteiger partial charge is 0.495 e. The van der Waals surface area contributed by atoms with Gasteiger partial charge in [0.2, 0.25) is 0 Å². The predicted octanol–water partition coefficient (Wildman–Crippen LogP) is 3.52. The van der Waals surface area contributed by atoms with Gasteiger partial charge in [0, 0.05) is 11.6 Å². The van der Waals surface area contributed by atoms with Crippen molar-refractivity contribution in [2.45, 2.75) is 36.8 Å². The highest BCUT2D eigenvalue weighted by molar-refractivity contribution is 5.97. The number of carbonyl (C=O) groups is 1. The summed E-state index contributed by atoms with van der Waals surface area (Å²) < 4.78 is 5.45. The minimum atomic E-state index is -0.245. The lowest BCUT2D eigenvalue weighted by molar-refractivity contribution is 0.167. The van der Waals surface area contributed by atoms with Gasteiger partial charge in [-0.3, -0.25) is 4.90 Å². The molecule has 29 heavy (non-hydrogen) atoms. The van der Waals surface area contributed by atoms with Crippen LogP contribution in [0.5, 0.6) is 5.75 Å². The molecule has 2 aromatic rings. The van der Waals surface area contributed by atoms with Crippen LogP contribution in [0.3, 0.4) is 0 Å². The molecule has 2 fully saturated rings. The number of nitrogens with one attached hydrogen (secondary N) is 2. The minimum Gasteiger partial charge on any atom is -0.495 e. The fourth-order valence-corrected chi connectivity index (χ4v) is 4.75. The van der Waals surface area contributed by atoms with Crippen molar-refractivity contribution in [1.82, 2.24) is 10.6 Å². The lowest BCUT2D eigenvalue weighted by Crippen LogP contribution is -2.53. The standard InChI is InChI=1S/C23H26N4O2/c1-25-23(18-6-4-3-5-7-18)12-10-22(11-13-23)16-27(21(28)26-22)19-9-8-17(15-24)14-20(19)29-2/h3-9,14,25H,10-13,16H2,1-2H3,(H,26,28)/t22-,23-. The van der Waals surface area contributed by atoms with Gasteiger partial charge in [-0.15, -0.1) is 0 Å². The van der Waals surface area contributed by atoms with E-state index >= 15 is 0 Å². The Bertz CT molecular complexity index is 943. The number of carbonyl (C=O) groups excluding carboxylic acids is 1. The minimum absolute atomic E-state index is 0.0587. The molecule has 2 N–H and O–H groups in total. The molecule has 1 heterocycles. The van der Waals surface area contributed by atoms with E-state index in [1.54, 1.807) is 30.2 Å². The molecular formula is C23H26N4O2. The van der Waals surface area contributed by atoms with Crippen LogP contribution in [0, 0.1) is 11.3 Å². The molecular weight excluding hydrogens is 364 g/mol. The Labute approximate surface area is 171 Å². The van der Waals surface area contributed by atoms with Crippen LogP contribution in [-0.4, -0.2) is 32.3 Å². The number of rotatable bonds is 4. The monoisotopic (exact) mass is 390 g/mol. The second-order valence-electron chi connectivity index (χ2n) is 7.99. The molecule has 0 unspecified atom stereocenters. The van der Waals surface area contributed by atoms with Crippen molar-refractivity contribution in [3.05, 3.63) is 59.7 Å². The van der Waals surface area contributed by atoms with E-state index in [1.807, 2.05) is 13.1 Å². The van der Waals surface area contributed by atoms with E-state index in [1.165, 1.54) is 5.56 Å². The maximum atomic E-state index is 12.9. The maximum Gasteiger partial charge on any atom is 0.322 e. The number of hydrogen-bond donors (Lipinski definition) is 2. The average Bonchev–Trinajstić information content (AvgIpc) is 3.10. The van der Waals surface area contributed by atoms with Crippen molar-refractivity contribution in [3.8, 4) is 11.8 Å². The molecule has 1 aliphatic heterocycles. The summed E-state index contributed by atoms with van der Waals surface area (Å²) in [6.45, 7) is 0.600. The van der Waals surface area contributed by atoms with Crippen molar-refractivity contribution < 1.29 is 9.53 Å². The van der Waals surface area contributed by atoms with Gasteiger partial charge in [0.15, 0.2) is 0 Å². The van der Waals surface area contributed by atoms with E-state index < -0.39 is 0 Å². The van der Waals surface area contributed by atoms with Gasteiger partial charge in [0.1, 0.15) is 5.75 Å². The third kappa shape index (κ3) is 3.32. The van der Waals surface area contributed by atoms with E-state index in [0.29, 0.717) is 23.5 Å². The van der Waals surface area contributed by atoms with Crippen molar-refractivity contribution in [2.75, 3.05) is 25.6 Å². The maximum absolute atomic E-state index is 12.9. The van der Waals surface area contributed by atoms with Crippen molar-refractivity contribution >= 4 is 11.7 Å². The van der Waals surface area contributed by atoms with Crippen LogP contribution in [0.2, 0.25) is 0 Å². The molecule has 2 aliphatic rings. The van der Waals surface area contributed by atoms with Gasteiger partial charge in [-0.1, -0.05) is 30.3 Å². The summed E-state index contributed by atoms with van der Waals surface area (Å²) in [5, 5.41) is 15.9. The van der Waals surface area contributed by atoms with Crippen LogP contribution in [0.1, 0.15) is 36.8 Å². The second kappa shape index (κ2) is 7.41. The normalized spacial score (nSPS) is 26.2. The number of amides is 2. The molecule has 4 rings (SSSR count). The summed E-state index contributed by atoms with van der Waals surface area (Å²) in [4.78, 5) is 14.6. The van der Waals surface area contributed by atoms with Crippen LogP contribution in [0.4, 0.5) is 10.5 Å². The molecule has 1 aliphatic carbocycles. The van der Waals surface area contributed by atoms with Crippen LogP contribution < -0.4 is 20.3 Å². The van der Waals surface area contributed by atoms with Gasteiger partial charge < -0.3 is 15.4 Å². The SMILES string of the molecule is CN[C@]1(c2ccccc2)CC[C@@]2(CC1)CN(c1ccc(C#N)cc1OC)C(=O)N2. The zero-order valence-electron chi connectivity index (χ0n) is 16.9. The summed E-state index contributed by atoms with van der Waals surface area (Å²) >= 11 is 0. The number of anilines is 1. The smallest absolute Gasteiger partial charge is 0.322 e. The zero-order chi connectivity index (χ0) is 20.5. The van der Waals surface area contributed by atoms with Crippen LogP contribution in [0.15, 0.2) is 48.5 Å². The highest BCUT2D eigenvalue weighted by Crippen LogP contribution is 2.44. The number of hydrogen-bond acceptors (Lipinski definition) is 4. The molecule has 150 valence electrons. The Morgan fingerprint density at radius 3 is 2.48 bits per heavy atom. The van der Waals surface area contributed by atoms with Crippen molar-refractivity contribution in [1.29, 1.82) is 5.26 Å². The second-order valence-corrected chi connectivity index (χ2v) is 7.99. The Morgan fingerprint density at radius 1 is 1.14 bits per heavy atom. The summed E-state index contributed by atoms with van der Waals surface area (Å²) in [5.74, 6) is 0.543. The number of nitrogens with zero attached hydrogens (tertiary/aromatic N) is 2. The molecule has 2 amide bonds. The molecule has 1 saturated carbocycles. The predicted molar refractivity (Wildman–Crippen MR) is 112 cm³/mol. The quantitative estimate of drug-likeness (QED) is 0.837. The summed E-state index contributed by atoms with van der Waals surface area (Å²) in [5.41, 5.74) is 2.21. The van der Waals surface area contributed by atoms with Crippen molar-refractivity contribution in [2.24, 2.45) is 0 Å². The number of ether oxygens (including phenoxy) is 1. The van der Waals surface area contributed by atoms with Gasteiger partial charge in [-0.05, 0) is 50.4 Å². The van der Waals surface area contributed by atoms with Gasteiger partial charge in [-0.2, -0.15) is 5.26 Å². The van der Waals surface area contributed by atoms with E-state index in [9.17, 15) is 4.79 Å². The fourth-order valence-electron chi connectivity index (χ4n) is 4.75. The van der Waals surface area contributed by atoms with Gasteiger partial charge >= 0.3 is 6.03 Å². The third-order valence-electron chi connectivity index (χ3n) is 6.54. The van der Waals surface area contributed by atoms with Crippen LogP contribution in [0.25, 0.3) is 0 Å². The molecule has 0 bridgehead atoms. The van der Waals surface area contributed by atoms with Gasteiger partial charge in [0.25, 0.3) is 0 Å². The molecule has 0 aromatic heterocycles. The van der Waals surface area contributed by atoms with Gasteiger partial charge in [0.05, 0.1) is 36.5 Å². The lowest BCUT2D eigenvalue weighted by Gasteiger charge is -2.45. The topological polar surface area (TPSA) is 77.4 Å². The number of nitriles is 1. The fraction of sp³-hybridized carbons (Fsp3) is 0.391. The Hall–Kier alpha value is -3.04. The first kappa shape index (κ1) is 19.3. The summed E-state index contributed by atoms with van der Waals surface area (Å²) in [6, 6.07) is 17.7. The highest BCUT2D eigenvalue weighted by Gasteiger charge is 2.49. The van der Waals surface area contributed by atoms with E-state index in [-0.39, 0.29) is 17.1 Å². The van der Waals surface area contributed by atoms with Gasteiger partial charge in [-0.25, -0.2) is 4.79 Å². The number of urea groups is 1. The molecule has 1 saturated heterocycles. The first-order valence-corrected chi connectivity index (χ1v) is 9.97. The molecule has 0 radical (unpaired) electrons. The zero-order valence-corrected chi connectivity index (χ0v) is 16.9. The van der Waals surface area contributed by atoms with E-state index in [0.717, 1.165) is 25.7 Å². The number of methoxy groups -OCH3 is 1. The van der Waals surface area contributed by atoms with Crippen LogP contribution >= 0.6 is 0 Å². The Balaban J connectivity index is 1.55. The Kier molecular flexibility index (Phi) is 4.93. The van der Waals surface area contributed by atoms with Crippen LogP contribution in [-0.2, 0) is 5.54 Å². The first-order valence-electron chi connectivity index (χ1n) is 9.97. The van der Waals surface area contributed by atoms with E-state index in [2.05, 4.69) is 41.0 Å². The first-order chi connectivity index (χ1) is 14.0. The molecule has 2 aromatic carbocycles. The molecule has 1 spiro atoms. The molecule has 6 nitrogen and oxygen atoms in total. The number of benzene rings is 2. The summed E-state index contributed by atoms with van der Waals surface area (Å²) in [7, 11) is 3.58. The lowest BCUT2D eigenvalue weighted by atomic mass is 9.69. The third-order valence-corrected chi connectivity index (χ3v) is 6.54.